The normalized spacial score (nSPS) is 10.0. The second-order valence-electron chi connectivity index (χ2n) is 4.14. The number of rotatable bonds is 7. The topological polar surface area (TPSA) is 95.7 Å². The van der Waals surface area contributed by atoms with Gasteiger partial charge in [-0.3, -0.25) is 19.7 Å². The molecule has 0 fully saturated rings. The molecule has 0 aliphatic carbocycles. The number of Topliss-reactive ketones (excluding diaryl/α,β-unsaturated/α-hetero) is 1. The Morgan fingerprint density at radius 3 is 2.62 bits per heavy atom. The van der Waals surface area contributed by atoms with Gasteiger partial charge in [-0.05, 0) is 19.9 Å². The molecule has 0 bridgehead atoms. The highest BCUT2D eigenvalue weighted by Gasteiger charge is 2.17. The molecule has 0 atom stereocenters. The quantitative estimate of drug-likeness (QED) is 0.330. The lowest BCUT2D eigenvalue weighted by atomic mass is 10.2. The van der Waals surface area contributed by atoms with E-state index in [0.717, 1.165) is 12.1 Å². The number of ether oxygens (including phenoxy) is 2. The SMILES string of the molecule is CCOC(=O)CC(=O)COc1cc(C)c([N+](=O)[O-])cc1F. The number of aryl methyl sites for hydroxylation is 1. The van der Waals surface area contributed by atoms with Crippen molar-refractivity contribution in [3.8, 4) is 5.75 Å². The second kappa shape index (κ2) is 7.32. The highest BCUT2D eigenvalue weighted by atomic mass is 19.1. The molecule has 7 nitrogen and oxygen atoms in total. The minimum absolute atomic E-state index is 0.156. The number of nitro benzene ring substituents is 1. The van der Waals surface area contributed by atoms with Crippen LogP contribution in [-0.4, -0.2) is 29.9 Å². The van der Waals surface area contributed by atoms with Crippen LogP contribution in [0.1, 0.15) is 18.9 Å². The highest BCUT2D eigenvalue weighted by molar-refractivity contribution is 5.96. The number of hydrogen-bond acceptors (Lipinski definition) is 6. The largest absolute Gasteiger partial charge is 0.483 e. The van der Waals surface area contributed by atoms with E-state index < -0.39 is 35.5 Å². The number of nitro groups is 1. The summed E-state index contributed by atoms with van der Waals surface area (Å²) in [4.78, 5) is 32.4. The zero-order valence-corrected chi connectivity index (χ0v) is 11.6. The van der Waals surface area contributed by atoms with Crippen molar-refractivity contribution in [2.75, 3.05) is 13.2 Å². The fraction of sp³-hybridized carbons (Fsp3) is 0.385. The Morgan fingerprint density at radius 1 is 1.38 bits per heavy atom. The van der Waals surface area contributed by atoms with Crippen molar-refractivity contribution in [2.24, 2.45) is 0 Å². The molecule has 21 heavy (non-hydrogen) atoms. The van der Waals surface area contributed by atoms with Crippen LogP contribution < -0.4 is 4.74 Å². The minimum atomic E-state index is -0.948. The molecular weight excluding hydrogens is 285 g/mol. The van der Waals surface area contributed by atoms with Crippen LogP contribution in [-0.2, 0) is 14.3 Å². The Kier molecular flexibility index (Phi) is 5.77. The van der Waals surface area contributed by atoms with Gasteiger partial charge < -0.3 is 9.47 Å². The Labute approximate surface area is 119 Å². The van der Waals surface area contributed by atoms with E-state index in [1.54, 1.807) is 6.92 Å². The third-order valence-electron chi connectivity index (χ3n) is 2.48. The van der Waals surface area contributed by atoms with E-state index in [-0.39, 0.29) is 23.6 Å². The molecule has 0 spiro atoms. The van der Waals surface area contributed by atoms with E-state index >= 15 is 0 Å². The van der Waals surface area contributed by atoms with Gasteiger partial charge in [-0.15, -0.1) is 0 Å². The molecule has 0 aliphatic rings. The van der Waals surface area contributed by atoms with E-state index in [1.165, 1.54) is 6.92 Å². The molecule has 0 saturated carbocycles. The minimum Gasteiger partial charge on any atom is -0.483 e. The van der Waals surface area contributed by atoms with Crippen LogP contribution in [0.3, 0.4) is 0 Å². The summed E-state index contributed by atoms with van der Waals surface area (Å²) in [6.07, 6.45) is -0.471. The summed E-state index contributed by atoms with van der Waals surface area (Å²) < 4.78 is 23.1. The van der Waals surface area contributed by atoms with Gasteiger partial charge in [0.05, 0.1) is 17.6 Å². The molecule has 114 valence electrons. The molecule has 0 saturated heterocycles. The van der Waals surface area contributed by atoms with E-state index in [1.807, 2.05) is 0 Å². The number of ketones is 1. The first-order valence-electron chi connectivity index (χ1n) is 6.09. The van der Waals surface area contributed by atoms with Crippen LogP contribution in [0.25, 0.3) is 0 Å². The summed E-state index contributed by atoms with van der Waals surface area (Å²) in [5.74, 6) is -2.50. The standard InChI is InChI=1S/C13H14FNO6/c1-3-20-13(17)5-9(16)7-21-12-4-8(2)11(15(18)19)6-10(12)14/h4,6H,3,5,7H2,1-2H3. The van der Waals surface area contributed by atoms with Crippen LogP contribution in [0.2, 0.25) is 0 Å². The molecular formula is C13H14FNO6. The van der Waals surface area contributed by atoms with Crippen molar-refractivity contribution >= 4 is 17.4 Å². The Morgan fingerprint density at radius 2 is 2.05 bits per heavy atom. The lowest BCUT2D eigenvalue weighted by Crippen LogP contribution is -2.17. The lowest BCUT2D eigenvalue weighted by molar-refractivity contribution is -0.385. The fourth-order valence-corrected chi connectivity index (χ4v) is 1.53. The number of nitrogens with zero attached hydrogens (tertiary/aromatic N) is 1. The van der Waals surface area contributed by atoms with Gasteiger partial charge in [0.25, 0.3) is 5.69 Å². The summed E-state index contributed by atoms with van der Waals surface area (Å²) >= 11 is 0. The van der Waals surface area contributed by atoms with Crippen molar-refractivity contribution in [3.05, 3.63) is 33.6 Å². The molecule has 1 rings (SSSR count). The van der Waals surface area contributed by atoms with Gasteiger partial charge in [-0.25, -0.2) is 4.39 Å². The Hall–Kier alpha value is -2.51. The zero-order chi connectivity index (χ0) is 16.0. The maximum atomic E-state index is 13.6. The summed E-state index contributed by atoms with van der Waals surface area (Å²) in [5, 5.41) is 10.6. The van der Waals surface area contributed by atoms with Crippen LogP contribution in [0.15, 0.2) is 12.1 Å². The molecule has 0 heterocycles. The van der Waals surface area contributed by atoms with Crippen molar-refractivity contribution in [1.29, 1.82) is 0 Å². The second-order valence-corrected chi connectivity index (χ2v) is 4.14. The van der Waals surface area contributed by atoms with Gasteiger partial charge in [-0.1, -0.05) is 0 Å². The average Bonchev–Trinajstić information content (AvgIpc) is 2.39. The number of carbonyl (C=O) groups is 2. The molecule has 0 N–H and O–H groups in total. The zero-order valence-electron chi connectivity index (χ0n) is 11.6. The third-order valence-corrected chi connectivity index (χ3v) is 2.48. The van der Waals surface area contributed by atoms with Gasteiger partial charge in [-0.2, -0.15) is 0 Å². The first-order chi connectivity index (χ1) is 9.85. The maximum Gasteiger partial charge on any atom is 0.313 e. The lowest BCUT2D eigenvalue weighted by Gasteiger charge is -2.08. The molecule has 0 aromatic heterocycles. The number of hydrogen-bond donors (Lipinski definition) is 0. The number of esters is 1. The highest BCUT2D eigenvalue weighted by Crippen LogP contribution is 2.26. The summed E-state index contributed by atoms with van der Waals surface area (Å²) in [6.45, 7) is 2.66. The maximum absolute atomic E-state index is 13.6. The number of carbonyl (C=O) groups excluding carboxylic acids is 2. The van der Waals surface area contributed by atoms with Crippen LogP contribution in [0.5, 0.6) is 5.75 Å². The first kappa shape index (κ1) is 16.5. The van der Waals surface area contributed by atoms with Crippen LogP contribution in [0.4, 0.5) is 10.1 Å². The Bertz CT molecular complexity index is 572. The van der Waals surface area contributed by atoms with Gasteiger partial charge in [0.2, 0.25) is 0 Å². The van der Waals surface area contributed by atoms with Crippen molar-refractivity contribution in [2.45, 2.75) is 20.3 Å². The van der Waals surface area contributed by atoms with Gasteiger partial charge in [0.1, 0.15) is 13.0 Å². The smallest absolute Gasteiger partial charge is 0.313 e. The monoisotopic (exact) mass is 299 g/mol. The molecule has 0 radical (unpaired) electrons. The summed E-state index contributed by atoms with van der Waals surface area (Å²) in [6, 6.07) is 1.85. The molecule has 0 unspecified atom stereocenters. The molecule has 1 aromatic carbocycles. The first-order valence-corrected chi connectivity index (χ1v) is 6.09. The van der Waals surface area contributed by atoms with E-state index in [9.17, 15) is 24.1 Å². The summed E-state index contributed by atoms with van der Waals surface area (Å²) in [7, 11) is 0. The van der Waals surface area contributed by atoms with Gasteiger partial charge in [0, 0.05) is 5.56 Å². The van der Waals surface area contributed by atoms with Gasteiger partial charge in [0.15, 0.2) is 17.3 Å². The van der Waals surface area contributed by atoms with E-state index in [4.69, 9.17) is 4.74 Å². The van der Waals surface area contributed by atoms with E-state index in [0.29, 0.717) is 0 Å². The van der Waals surface area contributed by atoms with Crippen molar-refractivity contribution in [3.63, 3.8) is 0 Å². The fourth-order valence-electron chi connectivity index (χ4n) is 1.53. The molecule has 8 heteroatoms. The molecule has 1 aromatic rings. The summed E-state index contributed by atoms with van der Waals surface area (Å²) in [5.41, 5.74) is -0.174. The molecule has 0 aliphatic heterocycles. The van der Waals surface area contributed by atoms with Crippen molar-refractivity contribution < 1.29 is 28.4 Å². The Balaban J connectivity index is 2.68. The average molecular weight is 299 g/mol. The predicted octanol–water partition coefficient (Wildman–Crippen LogP) is 1.94. The number of benzene rings is 1. The number of halogens is 1. The van der Waals surface area contributed by atoms with E-state index in [2.05, 4.69) is 4.74 Å². The van der Waals surface area contributed by atoms with Crippen molar-refractivity contribution in [1.82, 2.24) is 0 Å². The van der Waals surface area contributed by atoms with Crippen LogP contribution in [0, 0.1) is 22.9 Å². The molecule has 0 amide bonds. The van der Waals surface area contributed by atoms with Crippen LogP contribution >= 0.6 is 0 Å². The third kappa shape index (κ3) is 4.83. The van der Waals surface area contributed by atoms with Gasteiger partial charge >= 0.3 is 5.97 Å². The predicted molar refractivity (Wildman–Crippen MR) is 69.5 cm³/mol.